The lowest BCUT2D eigenvalue weighted by atomic mass is 10.2. The quantitative estimate of drug-likeness (QED) is 0.368. The molecule has 0 aromatic heterocycles. The van der Waals surface area contributed by atoms with Crippen molar-refractivity contribution in [1.29, 1.82) is 0 Å². The monoisotopic (exact) mass is 312 g/mol. The molecular formula is C14H21ClN4O2. The van der Waals surface area contributed by atoms with Crippen LogP contribution in [0.4, 0.5) is 5.69 Å². The fraction of sp³-hybridized carbons (Fsp3) is 0.357. The van der Waals surface area contributed by atoms with Crippen molar-refractivity contribution in [3.63, 3.8) is 0 Å². The Hall–Kier alpha value is -1.92. The van der Waals surface area contributed by atoms with Crippen molar-refractivity contribution in [3.05, 3.63) is 29.8 Å². The predicted molar refractivity (Wildman–Crippen MR) is 79.4 cm³/mol. The van der Waals surface area contributed by atoms with Crippen LogP contribution in [0.15, 0.2) is 29.4 Å². The highest BCUT2D eigenvalue weighted by Crippen LogP contribution is 2.07. The van der Waals surface area contributed by atoms with Crippen LogP contribution >= 0.6 is 0 Å². The van der Waals surface area contributed by atoms with E-state index in [9.17, 15) is 9.59 Å². The van der Waals surface area contributed by atoms with Crippen molar-refractivity contribution in [2.24, 2.45) is 5.10 Å². The van der Waals surface area contributed by atoms with Crippen molar-refractivity contribution in [2.45, 2.75) is 6.92 Å². The van der Waals surface area contributed by atoms with Crippen LogP contribution in [0, 0.1) is 0 Å². The second-order valence-electron chi connectivity index (χ2n) is 5.54. The average molecular weight is 313 g/mol. The summed E-state index contributed by atoms with van der Waals surface area (Å²) in [6, 6.07) is 7.16. The molecule has 1 aromatic rings. The molecule has 2 amide bonds. The van der Waals surface area contributed by atoms with Gasteiger partial charge in [0.2, 0.25) is 5.91 Å². The summed E-state index contributed by atoms with van der Waals surface area (Å²) in [6.45, 7) is 1.82. The Morgan fingerprint density at radius 1 is 1.19 bits per heavy atom. The summed E-state index contributed by atoms with van der Waals surface area (Å²) in [5.74, 6) is -0.248. The van der Waals surface area contributed by atoms with Gasteiger partial charge in [-0.3, -0.25) is 9.59 Å². The molecule has 0 spiro atoms. The molecule has 21 heavy (non-hydrogen) atoms. The summed E-state index contributed by atoms with van der Waals surface area (Å²) < 4.78 is 0.548. The second-order valence-corrected chi connectivity index (χ2v) is 5.54. The van der Waals surface area contributed by atoms with E-state index in [0.29, 0.717) is 11.0 Å². The molecule has 0 atom stereocenters. The zero-order valence-corrected chi connectivity index (χ0v) is 13.4. The highest BCUT2D eigenvalue weighted by atomic mass is 35.5. The maximum Gasteiger partial charge on any atom is 0.295 e. The number of nitrogens with one attached hydrogen (secondary N) is 2. The molecule has 0 fully saturated rings. The first kappa shape index (κ1) is 19.1. The number of hydrazone groups is 1. The third-order valence-electron chi connectivity index (χ3n) is 2.25. The maximum absolute atomic E-state index is 11.5. The number of hydrogen-bond acceptors (Lipinski definition) is 3. The Kier molecular flexibility index (Phi) is 7.62. The fourth-order valence-corrected chi connectivity index (χ4v) is 1.50. The normalized spacial score (nSPS) is 10.9. The van der Waals surface area contributed by atoms with Crippen LogP contribution in [-0.2, 0) is 9.59 Å². The fourth-order valence-electron chi connectivity index (χ4n) is 1.50. The van der Waals surface area contributed by atoms with Crippen LogP contribution in [0.1, 0.15) is 12.5 Å². The SMILES string of the molecule is CC(=O)Nc1ccc(/C=N\NC(=O)C[N+](C)(C)C)cc1.[Cl-]. The van der Waals surface area contributed by atoms with E-state index in [2.05, 4.69) is 15.8 Å². The van der Waals surface area contributed by atoms with Gasteiger partial charge in [0.05, 0.1) is 27.4 Å². The van der Waals surface area contributed by atoms with E-state index in [-0.39, 0.29) is 24.2 Å². The minimum absolute atomic E-state index is 0. The van der Waals surface area contributed by atoms with Gasteiger partial charge in [0.25, 0.3) is 5.91 Å². The van der Waals surface area contributed by atoms with E-state index in [1.54, 1.807) is 30.5 Å². The molecule has 0 heterocycles. The first-order valence-electron chi connectivity index (χ1n) is 6.26. The van der Waals surface area contributed by atoms with Crippen molar-refractivity contribution in [3.8, 4) is 0 Å². The van der Waals surface area contributed by atoms with Gasteiger partial charge in [0, 0.05) is 12.6 Å². The molecule has 0 aliphatic heterocycles. The number of carbonyl (C=O) groups excluding carboxylic acids is 2. The minimum Gasteiger partial charge on any atom is -1.00 e. The minimum atomic E-state index is -0.136. The van der Waals surface area contributed by atoms with Gasteiger partial charge >= 0.3 is 0 Å². The lowest BCUT2D eigenvalue weighted by Crippen LogP contribution is -3.00. The molecule has 6 nitrogen and oxygen atoms in total. The molecule has 1 rings (SSSR count). The van der Waals surface area contributed by atoms with E-state index in [1.165, 1.54) is 6.92 Å². The number of benzene rings is 1. The second kappa shape index (κ2) is 8.39. The molecule has 0 saturated carbocycles. The summed E-state index contributed by atoms with van der Waals surface area (Å²) in [5, 5.41) is 6.57. The number of quaternary nitrogens is 1. The number of nitrogens with zero attached hydrogens (tertiary/aromatic N) is 2. The summed E-state index contributed by atoms with van der Waals surface area (Å²) in [4.78, 5) is 22.4. The Labute approximate surface area is 131 Å². The standard InChI is InChI=1S/C14H20N4O2.ClH/c1-11(19)16-13-7-5-12(6-8-13)9-15-17-14(20)10-18(2,3)4;/h5-9H,10H2,1-4H3,(H-,15,16,17,19,20);1H. The van der Waals surface area contributed by atoms with Crippen LogP contribution in [-0.4, -0.2) is 50.2 Å². The van der Waals surface area contributed by atoms with Gasteiger partial charge in [0.1, 0.15) is 0 Å². The topological polar surface area (TPSA) is 70.6 Å². The third-order valence-corrected chi connectivity index (χ3v) is 2.25. The summed E-state index contributed by atoms with van der Waals surface area (Å²) >= 11 is 0. The summed E-state index contributed by atoms with van der Waals surface area (Å²) in [5.41, 5.74) is 4.04. The van der Waals surface area contributed by atoms with Crippen LogP contribution in [0.5, 0.6) is 0 Å². The van der Waals surface area contributed by atoms with Crippen molar-refractivity contribution < 1.29 is 26.5 Å². The molecule has 0 radical (unpaired) electrons. The Bertz CT molecular complexity index is 507. The average Bonchev–Trinajstić information content (AvgIpc) is 2.28. The van der Waals surface area contributed by atoms with Crippen molar-refractivity contribution >= 4 is 23.7 Å². The number of halogens is 1. The van der Waals surface area contributed by atoms with E-state index in [1.807, 2.05) is 21.1 Å². The van der Waals surface area contributed by atoms with Crippen molar-refractivity contribution in [2.75, 3.05) is 33.0 Å². The van der Waals surface area contributed by atoms with Crippen LogP contribution < -0.4 is 23.1 Å². The summed E-state index contributed by atoms with van der Waals surface area (Å²) in [7, 11) is 5.80. The molecule has 0 unspecified atom stereocenters. The lowest BCUT2D eigenvalue weighted by Gasteiger charge is -2.21. The summed E-state index contributed by atoms with van der Waals surface area (Å²) in [6.07, 6.45) is 1.56. The van der Waals surface area contributed by atoms with Gasteiger partial charge in [-0.1, -0.05) is 12.1 Å². The van der Waals surface area contributed by atoms with E-state index < -0.39 is 0 Å². The Balaban J connectivity index is 0.00000400. The number of likely N-dealkylation sites (N-methyl/N-ethyl adjacent to an activating group) is 1. The van der Waals surface area contributed by atoms with Gasteiger partial charge in [-0.25, -0.2) is 5.43 Å². The maximum atomic E-state index is 11.5. The highest BCUT2D eigenvalue weighted by molar-refractivity contribution is 5.89. The first-order valence-corrected chi connectivity index (χ1v) is 6.26. The third kappa shape index (κ3) is 8.78. The molecule has 0 aliphatic carbocycles. The van der Waals surface area contributed by atoms with Crippen molar-refractivity contribution in [1.82, 2.24) is 5.43 Å². The molecule has 0 aliphatic rings. The molecule has 0 saturated heterocycles. The molecule has 7 heteroatoms. The van der Waals surface area contributed by atoms with Gasteiger partial charge in [-0.2, -0.15) is 5.10 Å². The smallest absolute Gasteiger partial charge is 0.295 e. The Morgan fingerprint density at radius 3 is 2.24 bits per heavy atom. The molecular weight excluding hydrogens is 292 g/mol. The molecule has 116 valence electrons. The lowest BCUT2D eigenvalue weighted by molar-refractivity contribution is -0.862. The van der Waals surface area contributed by atoms with E-state index in [0.717, 1.165) is 11.3 Å². The largest absolute Gasteiger partial charge is 1.00 e. The van der Waals surface area contributed by atoms with Gasteiger partial charge in [-0.15, -0.1) is 0 Å². The van der Waals surface area contributed by atoms with Gasteiger partial charge < -0.3 is 22.2 Å². The Morgan fingerprint density at radius 2 is 1.76 bits per heavy atom. The molecule has 1 aromatic carbocycles. The van der Waals surface area contributed by atoms with Crippen LogP contribution in [0.2, 0.25) is 0 Å². The zero-order valence-electron chi connectivity index (χ0n) is 12.7. The molecule has 2 N–H and O–H groups in total. The number of anilines is 1. The van der Waals surface area contributed by atoms with E-state index >= 15 is 0 Å². The predicted octanol–water partition coefficient (Wildman–Crippen LogP) is -2.19. The number of carbonyl (C=O) groups is 2. The van der Waals surface area contributed by atoms with Crippen LogP contribution in [0.25, 0.3) is 0 Å². The first-order chi connectivity index (χ1) is 9.26. The molecule has 0 bridgehead atoms. The zero-order chi connectivity index (χ0) is 15.2. The number of amides is 2. The van der Waals surface area contributed by atoms with Crippen LogP contribution in [0.3, 0.4) is 0 Å². The highest BCUT2D eigenvalue weighted by Gasteiger charge is 2.12. The number of rotatable bonds is 5. The number of hydrogen-bond donors (Lipinski definition) is 2. The van der Waals surface area contributed by atoms with E-state index in [4.69, 9.17) is 0 Å². The van der Waals surface area contributed by atoms with Gasteiger partial charge in [0.15, 0.2) is 6.54 Å². The van der Waals surface area contributed by atoms with Gasteiger partial charge in [-0.05, 0) is 17.7 Å².